The molecule has 0 unspecified atom stereocenters. The Labute approximate surface area is 192 Å². The molecule has 0 bridgehead atoms. The summed E-state index contributed by atoms with van der Waals surface area (Å²) in [5, 5.41) is 0.303. The van der Waals surface area contributed by atoms with Crippen molar-refractivity contribution in [1.82, 2.24) is 4.31 Å². The quantitative estimate of drug-likeness (QED) is 0.644. The van der Waals surface area contributed by atoms with E-state index in [-0.39, 0.29) is 35.9 Å². The van der Waals surface area contributed by atoms with Crippen molar-refractivity contribution in [1.29, 1.82) is 0 Å². The zero-order valence-electron chi connectivity index (χ0n) is 18.0. The van der Waals surface area contributed by atoms with Gasteiger partial charge in [0.1, 0.15) is 16.2 Å². The number of hydrogen-bond acceptors (Lipinski definition) is 7. The van der Waals surface area contributed by atoms with Gasteiger partial charge in [-0.05, 0) is 30.3 Å². The third-order valence-corrected chi connectivity index (χ3v) is 8.13. The molecule has 0 atom stereocenters. The Hall–Kier alpha value is -2.49. The summed E-state index contributed by atoms with van der Waals surface area (Å²) in [6.45, 7) is 0.375. The molecule has 0 N–H and O–H groups in total. The van der Waals surface area contributed by atoms with Crippen LogP contribution in [0.15, 0.2) is 35.2 Å². The van der Waals surface area contributed by atoms with Crippen LogP contribution in [-0.2, 0) is 10.0 Å². The predicted octanol–water partition coefficient (Wildman–Crippen LogP) is 3.55. The van der Waals surface area contributed by atoms with E-state index >= 15 is 0 Å². The Kier molecular flexibility index (Phi) is 6.00. The van der Waals surface area contributed by atoms with Gasteiger partial charge >= 0.3 is 0 Å². The van der Waals surface area contributed by atoms with Gasteiger partial charge in [0.15, 0.2) is 17.3 Å². The fourth-order valence-corrected chi connectivity index (χ4v) is 6.12. The molecule has 2 heterocycles. The second-order valence-electron chi connectivity index (χ2n) is 7.76. The lowest BCUT2D eigenvalue weighted by Gasteiger charge is -2.43. The molecular weight excluding hydrogens is 458 g/mol. The summed E-state index contributed by atoms with van der Waals surface area (Å²) in [4.78, 5) is 12.9. The minimum Gasteiger partial charge on any atom is -0.495 e. The van der Waals surface area contributed by atoms with Gasteiger partial charge in [-0.25, -0.2) is 8.42 Å². The average Bonchev–Trinajstić information content (AvgIpc) is 2.78. The lowest BCUT2D eigenvalue weighted by Crippen LogP contribution is -2.52. The second kappa shape index (κ2) is 8.46. The second-order valence-corrected chi connectivity index (χ2v) is 10.1. The molecule has 0 aromatic heterocycles. The predicted molar refractivity (Wildman–Crippen MR) is 118 cm³/mol. The molecule has 1 spiro atoms. The summed E-state index contributed by atoms with van der Waals surface area (Å²) in [5.74, 6) is 1.32. The maximum atomic E-state index is 13.3. The fraction of sp³-hybridized carbons (Fsp3) is 0.409. The summed E-state index contributed by atoms with van der Waals surface area (Å²) in [6, 6.07) is 7.82. The highest BCUT2D eigenvalue weighted by Crippen LogP contribution is 2.48. The van der Waals surface area contributed by atoms with E-state index in [1.54, 1.807) is 18.2 Å². The first-order valence-corrected chi connectivity index (χ1v) is 11.9. The van der Waals surface area contributed by atoms with Gasteiger partial charge in [-0.1, -0.05) is 11.6 Å². The number of fused-ring (bicyclic) bond motifs is 1. The number of carbonyl (C=O) groups excluding carboxylic acids is 1. The fourth-order valence-electron chi connectivity index (χ4n) is 4.26. The van der Waals surface area contributed by atoms with Crippen LogP contribution in [0.3, 0.4) is 0 Å². The van der Waals surface area contributed by atoms with E-state index in [0.717, 1.165) is 0 Å². The third-order valence-electron chi connectivity index (χ3n) is 5.98. The molecule has 8 nitrogen and oxygen atoms in total. The van der Waals surface area contributed by atoms with E-state index < -0.39 is 15.6 Å². The normalized spacial score (nSPS) is 18.1. The summed E-state index contributed by atoms with van der Waals surface area (Å²) in [5.41, 5.74) is -0.374. The topological polar surface area (TPSA) is 91.4 Å². The molecule has 1 fully saturated rings. The first kappa shape index (κ1) is 22.7. The number of ether oxygens (including phenoxy) is 4. The van der Waals surface area contributed by atoms with Crippen LogP contribution in [-0.4, -0.2) is 58.5 Å². The molecule has 0 radical (unpaired) electrons. The molecule has 2 aromatic carbocycles. The van der Waals surface area contributed by atoms with Crippen LogP contribution < -0.4 is 18.9 Å². The van der Waals surface area contributed by atoms with Crippen molar-refractivity contribution in [3.8, 4) is 23.0 Å². The zero-order valence-corrected chi connectivity index (χ0v) is 19.6. The van der Waals surface area contributed by atoms with Crippen molar-refractivity contribution in [2.75, 3.05) is 34.4 Å². The van der Waals surface area contributed by atoms with Crippen molar-refractivity contribution in [2.45, 2.75) is 29.8 Å². The lowest BCUT2D eigenvalue weighted by atomic mass is 9.83. The Balaban J connectivity index is 1.60. The van der Waals surface area contributed by atoms with Gasteiger partial charge in [0, 0.05) is 31.0 Å². The molecule has 32 heavy (non-hydrogen) atoms. The number of ketones is 1. The molecule has 2 aliphatic rings. The highest BCUT2D eigenvalue weighted by molar-refractivity contribution is 7.89. The standard InChI is InChI=1S/C22H24ClNO7S/c1-28-17-6-4-14(23)12-19(17)32(26,27)24-10-8-22(9-11-24)13-16(25)15-5-7-18(29-2)21(30-3)20(15)31-22/h4-7,12H,8-11,13H2,1-3H3. The van der Waals surface area contributed by atoms with Crippen molar-refractivity contribution in [3.63, 3.8) is 0 Å². The number of Topliss-reactive ketones (excluding diaryl/α,β-unsaturated/α-hetero) is 1. The summed E-state index contributed by atoms with van der Waals surface area (Å²) in [6.07, 6.45) is 0.866. The molecule has 10 heteroatoms. The van der Waals surface area contributed by atoms with Crippen LogP contribution >= 0.6 is 11.6 Å². The maximum absolute atomic E-state index is 13.3. The monoisotopic (exact) mass is 481 g/mol. The molecule has 2 aliphatic heterocycles. The number of hydrogen-bond donors (Lipinski definition) is 0. The summed E-state index contributed by atoms with van der Waals surface area (Å²) < 4.78 is 50.3. The zero-order chi connectivity index (χ0) is 23.1. The maximum Gasteiger partial charge on any atom is 0.246 e. The number of halogens is 1. The number of carbonyl (C=O) groups is 1. The van der Waals surface area contributed by atoms with Crippen LogP contribution in [0.1, 0.15) is 29.6 Å². The first-order chi connectivity index (χ1) is 15.2. The van der Waals surface area contributed by atoms with Crippen LogP contribution in [0, 0.1) is 0 Å². The van der Waals surface area contributed by atoms with Crippen LogP contribution in [0.2, 0.25) is 5.02 Å². The Morgan fingerprint density at radius 3 is 2.28 bits per heavy atom. The average molecular weight is 482 g/mol. The smallest absolute Gasteiger partial charge is 0.246 e. The van der Waals surface area contributed by atoms with Crippen molar-refractivity contribution < 1.29 is 32.2 Å². The molecular formula is C22H24ClNO7S. The van der Waals surface area contributed by atoms with Crippen molar-refractivity contribution in [2.24, 2.45) is 0 Å². The molecule has 0 amide bonds. The van der Waals surface area contributed by atoms with E-state index in [0.29, 0.717) is 40.7 Å². The Bertz CT molecular complexity index is 1160. The minimum absolute atomic E-state index is 0.0147. The van der Waals surface area contributed by atoms with Crippen molar-refractivity contribution in [3.05, 3.63) is 40.9 Å². The number of sulfonamides is 1. The van der Waals surface area contributed by atoms with Gasteiger partial charge in [0.25, 0.3) is 0 Å². The van der Waals surface area contributed by atoms with E-state index in [1.165, 1.54) is 37.8 Å². The van der Waals surface area contributed by atoms with Gasteiger partial charge in [-0.15, -0.1) is 0 Å². The van der Waals surface area contributed by atoms with Crippen LogP contribution in [0.5, 0.6) is 23.0 Å². The molecule has 4 rings (SSSR count). The number of nitrogens with zero attached hydrogens (tertiary/aromatic N) is 1. The SMILES string of the molecule is COc1ccc(Cl)cc1S(=O)(=O)N1CCC2(CC1)CC(=O)c1ccc(OC)c(OC)c1O2. The minimum atomic E-state index is -3.84. The number of rotatable bonds is 5. The largest absolute Gasteiger partial charge is 0.495 e. The van der Waals surface area contributed by atoms with Gasteiger partial charge < -0.3 is 18.9 Å². The lowest BCUT2D eigenvalue weighted by molar-refractivity contribution is 0.00375. The summed E-state index contributed by atoms with van der Waals surface area (Å²) in [7, 11) is 0.568. The van der Waals surface area contributed by atoms with Crippen molar-refractivity contribution >= 4 is 27.4 Å². The molecule has 0 saturated carbocycles. The van der Waals surface area contributed by atoms with E-state index in [4.69, 9.17) is 30.5 Å². The number of piperidine rings is 1. The highest BCUT2D eigenvalue weighted by Gasteiger charge is 2.46. The van der Waals surface area contributed by atoms with Crippen LogP contribution in [0.4, 0.5) is 0 Å². The van der Waals surface area contributed by atoms with Gasteiger partial charge in [-0.3, -0.25) is 4.79 Å². The molecule has 172 valence electrons. The summed E-state index contributed by atoms with van der Waals surface area (Å²) >= 11 is 6.03. The van der Waals surface area contributed by atoms with Gasteiger partial charge in [0.2, 0.25) is 15.8 Å². The number of benzene rings is 2. The van der Waals surface area contributed by atoms with E-state index in [2.05, 4.69) is 0 Å². The number of methoxy groups -OCH3 is 3. The molecule has 2 aromatic rings. The molecule has 0 aliphatic carbocycles. The Morgan fingerprint density at radius 1 is 1.00 bits per heavy atom. The van der Waals surface area contributed by atoms with Crippen LogP contribution in [0.25, 0.3) is 0 Å². The third kappa shape index (κ3) is 3.78. The van der Waals surface area contributed by atoms with Gasteiger partial charge in [0.05, 0.1) is 33.3 Å². The molecule has 1 saturated heterocycles. The van der Waals surface area contributed by atoms with E-state index in [9.17, 15) is 13.2 Å². The highest BCUT2D eigenvalue weighted by atomic mass is 35.5. The first-order valence-electron chi connectivity index (χ1n) is 10.1. The van der Waals surface area contributed by atoms with Gasteiger partial charge in [-0.2, -0.15) is 4.31 Å². The van der Waals surface area contributed by atoms with E-state index in [1.807, 2.05) is 0 Å². The Morgan fingerprint density at radius 2 is 1.66 bits per heavy atom.